The van der Waals surface area contributed by atoms with E-state index in [0.717, 1.165) is 22.2 Å². The molecular formula is C24H22BrCl2NO6S. The molecule has 7 nitrogen and oxygen atoms in total. The SMILES string of the molecule is CCOC(=O)[C@H](C)N1C(=O)S/C(=C/c2cc(Br)c(OCc3ccc(Cl)c(Cl)c3)c(OCC)c2)C1=O. The molecule has 1 aliphatic rings. The van der Waals surface area contributed by atoms with Gasteiger partial charge in [-0.15, -0.1) is 0 Å². The van der Waals surface area contributed by atoms with Crippen LogP contribution in [0.3, 0.4) is 0 Å². The summed E-state index contributed by atoms with van der Waals surface area (Å²) in [7, 11) is 0. The Kier molecular flexibility index (Phi) is 9.52. The monoisotopic (exact) mass is 601 g/mol. The van der Waals surface area contributed by atoms with E-state index in [4.69, 9.17) is 37.4 Å². The van der Waals surface area contributed by atoms with Crippen molar-refractivity contribution < 1.29 is 28.6 Å². The van der Waals surface area contributed by atoms with E-state index in [0.29, 0.717) is 38.2 Å². The highest BCUT2D eigenvalue weighted by Crippen LogP contribution is 2.40. The molecule has 1 saturated heterocycles. The number of imide groups is 1. The Bertz CT molecular complexity index is 1190. The standard InChI is InChI=1S/C24H22BrCl2NO6S/c1-4-32-19-10-15(8-16(25)21(19)34-12-14-6-7-17(26)18(27)9-14)11-20-22(29)28(24(31)35-20)13(3)23(30)33-5-2/h6-11,13H,4-5,12H2,1-3H3/b20-11+/t13-/m0/s1. The van der Waals surface area contributed by atoms with Gasteiger partial charge >= 0.3 is 5.97 Å². The molecule has 3 rings (SSSR count). The zero-order chi connectivity index (χ0) is 25.7. The summed E-state index contributed by atoms with van der Waals surface area (Å²) < 4.78 is 17.3. The number of halogens is 3. The van der Waals surface area contributed by atoms with Crippen LogP contribution in [-0.4, -0.2) is 41.3 Å². The van der Waals surface area contributed by atoms with Crippen molar-refractivity contribution in [3.8, 4) is 11.5 Å². The molecule has 1 heterocycles. The molecule has 2 amide bonds. The Morgan fingerprint density at radius 2 is 1.86 bits per heavy atom. The number of hydrogen-bond acceptors (Lipinski definition) is 7. The van der Waals surface area contributed by atoms with Crippen LogP contribution in [0.25, 0.3) is 6.08 Å². The normalized spacial score (nSPS) is 15.5. The van der Waals surface area contributed by atoms with Crippen LogP contribution in [0.1, 0.15) is 31.9 Å². The second kappa shape index (κ2) is 12.2. The number of rotatable bonds is 9. The Hall–Kier alpha value is -2.20. The molecule has 0 N–H and O–H groups in total. The van der Waals surface area contributed by atoms with Crippen molar-refractivity contribution in [2.45, 2.75) is 33.4 Å². The zero-order valence-corrected chi connectivity index (χ0v) is 23.0. The average molecular weight is 603 g/mol. The van der Waals surface area contributed by atoms with Crippen LogP contribution in [0.4, 0.5) is 4.79 Å². The predicted molar refractivity (Wildman–Crippen MR) is 140 cm³/mol. The van der Waals surface area contributed by atoms with E-state index >= 15 is 0 Å². The largest absolute Gasteiger partial charge is 0.490 e. The van der Waals surface area contributed by atoms with Gasteiger partial charge in [0.1, 0.15) is 12.6 Å². The first-order valence-electron chi connectivity index (χ1n) is 10.6. The molecule has 0 unspecified atom stereocenters. The van der Waals surface area contributed by atoms with Gasteiger partial charge in [0.2, 0.25) is 0 Å². The van der Waals surface area contributed by atoms with Crippen molar-refractivity contribution in [1.29, 1.82) is 0 Å². The van der Waals surface area contributed by atoms with Crippen LogP contribution in [0.2, 0.25) is 10.0 Å². The summed E-state index contributed by atoms with van der Waals surface area (Å²) in [5.41, 5.74) is 1.43. The summed E-state index contributed by atoms with van der Waals surface area (Å²) in [6.45, 7) is 5.71. The molecule has 0 radical (unpaired) electrons. The van der Waals surface area contributed by atoms with E-state index in [1.165, 1.54) is 6.92 Å². The minimum absolute atomic E-state index is 0.156. The fourth-order valence-corrected chi connectivity index (χ4v) is 5.00. The molecule has 0 saturated carbocycles. The summed E-state index contributed by atoms with van der Waals surface area (Å²) in [6, 6.07) is 7.66. The predicted octanol–water partition coefficient (Wildman–Crippen LogP) is 6.72. The Labute approximate surface area is 225 Å². The van der Waals surface area contributed by atoms with Crippen LogP contribution in [0.15, 0.2) is 39.7 Å². The topological polar surface area (TPSA) is 82.1 Å². The third-order valence-corrected chi connectivity index (χ3v) is 7.05. The fraction of sp³-hybridized carbons (Fsp3) is 0.292. The molecule has 0 aromatic heterocycles. The van der Waals surface area contributed by atoms with Crippen molar-refractivity contribution >= 4 is 74.1 Å². The fourth-order valence-electron chi connectivity index (χ4n) is 3.19. The number of nitrogens with zero attached hydrogens (tertiary/aromatic N) is 1. The van der Waals surface area contributed by atoms with E-state index < -0.39 is 23.2 Å². The van der Waals surface area contributed by atoms with Gasteiger partial charge in [0, 0.05) is 0 Å². The third kappa shape index (κ3) is 6.52. The highest BCUT2D eigenvalue weighted by molar-refractivity contribution is 9.10. The first-order valence-corrected chi connectivity index (χ1v) is 13.0. The molecule has 0 bridgehead atoms. The number of carbonyl (C=O) groups is 3. The van der Waals surface area contributed by atoms with E-state index in [9.17, 15) is 14.4 Å². The number of carbonyl (C=O) groups excluding carboxylic acids is 3. The smallest absolute Gasteiger partial charge is 0.329 e. The number of hydrogen-bond donors (Lipinski definition) is 0. The number of thioether (sulfide) groups is 1. The van der Waals surface area contributed by atoms with Crippen LogP contribution in [-0.2, 0) is 20.9 Å². The molecule has 1 fully saturated rings. The number of ether oxygens (including phenoxy) is 3. The number of amides is 2. The summed E-state index contributed by atoms with van der Waals surface area (Å²) in [5.74, 6) is -0.276. The van der Waals surface area contributed by atoms with Gasteiger partial charge in [-0.25, -0.2) is 4.79 Å². The molecule has 0 spiro atoms. The van der Waals surface area contributed by atoms with E-state index in [-0.39, 0.29) is 18.1 Å². The van der Waals surface area contributed by atoms with Gasteiger partial charge in [-0.2, -0.15) is 0 Å². The van der Waals surface area contributed by atoms with Crippen molar-refractivity contribution in [2.24, 2.45) is 0 Å². The summed E-state index contributed by atoms with van der Waals surface area (Å²) in [4.78, 5) is 38.4. The number of esters is 1. The summed E-state index contributed by atoms with van der Waals surface area (Å²) in [6.07, 6.45) is 1.57. The van der Waals surface area contributed by atoms with Gasteiger partial charge in [0.25, 0.3) is 11.1 Å². The van der Waals surface area contributed by atoms with Gasteiger partial charge in [0.05, 0.1) is 32.6 Å². The second-order valence-corrected chi connectivity index (χ2v) is 9.94. The lowest BCUT2D eigenvalue weighted by Crippen LogP contribution is -2.42. The molecule has 2 aromatic carbocycles. The first kappa shape index (κ1) is 27.4. The highest BCUT2D eigenvalue weighted by atomic mass is 79.9. The lowest BCUT2D eigenvalue weighted by Gasteiger charge is -2.19. The van der Waals surface area contributed by atoms with Crippen molar-refractivity contribution in [1.82, 2.24) is 4.90 Å². The maximum atomic E-state index is 12.9. The van der Waals surface area contributed by atoms with Crippen LogP contribution in [0.5, 0.6) is 11.5 Å². The minimum atomic E-state index is -1.02. The van der Waals surface area contributed by atoms with Crippen molar-refractivity contribution in [3.63, 3.8) is 0 Å². The van der Waals surface area contributed by atoms with Gasteiger partial charge in [-0.3, -0.25) is 14.5 Å². The quantitative estimate of drug-likeness (QED) is 0.233. The van der Waals surface area contributed by atoms with E-state index in [1.807, 2.05) is 13.0 Å². The van der Waals surface area contributed by atoms with Gasteiger partial charge < -0.3 is 14.2 Å². The maximum Gasteiger partial charge on any atom is 0.329 e. The number of benzene rings is 2. The van der Waals surface area contributed by atoms with E-state index in [2.05, 4.69) is 15.9 Å². The van der Waals surface area contributed by atoms with Gasteiger partial charge in [-0.1, -0.05) is 29.3 Å². The lowest BCUT2D eigenvalue weighted by molar-refractivity contribution is -0.150. The molecule has 186 valence electrons. The first-order chi connectivity index (χ1) is 16.7. The molecule has 11 heteroatoms. The van der Waals surface area contributed by atoms with E-state index in [1.54, 1.807) is 37.3 Å². The molecule has 1 aliphatic heterocycles. The highest BCUT2D eigenvalue weighted by Gasteiger charge is 2.41. The summed E-state index contributed by atoms with van der Waals surface area (Å²) >= 11 is 16.3. The van der Waals surface area contributed by atoms with Gasteiger partial charge in [-0.05, 0) is 89.9 Å². The van der Waals surface area contributed by atoms with Crippen molar-refractivity contribution in [2.75, 3.05) is 13.2 Å². The molecule has 0 aliphatic carbocycles. The third-order valence-electron chi connectivity index (χ3n) is 4.84. The summed E-state index contributed by atoms with van der Waals surface area (Å²) in [5, 5.41) is 0.350. The molecule has 1 atom stereocenters. The van der Waals surface area contributed by atoms with Gasteiger partial charge in [0.15, 0.2) is 11.5 Å². The molecule has 2 aromatic rings. The van der Waals surface area contributed by atoms with Crippen LogP contribution in [0, 0.1) is 0 Å². The Morgan fingerprint density at radius 1 is 1.11 bits per heavy atom. The molecule has 35 heavy (non-hydrogen) atoms. The van der Waals surface area contributed by atoms with Crippen LogP contribution < -0.4 is 9.47 Å². The average Bonchev–Trinajstić information content (AvgIpc) is 3.08. The Balaban J connectivity index is 1.85. The zero-order valence-electron chi connectivity index (χ0n) is 19.1. The van der Waals surface area contributed by atoms with Crippen molar-refractivity contribution in [3.05, 3.63) is 60.9 Å². The second-order valence-electron chi connectivity index (χ2n) is 7.28. The van der Waals surface area contributed by atoms with Crippen LogP contribution >= 0.6 is 50.9 Å². The lowest BCUT2D eigenvalue weighted by atomic mass is 10.1. The minimum Gasteiger partial charge on any atom is -0.490 e. The molecular weight excluding hydrogens is 581 g/mol. The Morgan fingerprint density at radius 3 is 2.51 bits per heavy atom. The maximum absolute atomic E-state index is 12.9.